The summed E-state index contributed by atoms with van der Waals surface area (Å²) in [4.78, 5) is 0.123. The molecule has 0 atom stereocenters. The molecule has 1 aromatic carbocycles. The SMILES string of the molecule is CCCCc1cc(S(N)(=O)=O)ccc1Cl. The number of unbranched alkanes of at least 4 members (excludes halogenated alkanes) is 1. The first kappa shape index (κ1) is 12.5. The number of aryl methyl sites for hydroxylation is 1. The lowest BCUT2D eigenvalue weighted by molar-refractivity contribution is 0.597. The molecule has 0 bridgehead atoms. The van der Waals surface area contributed by atoms with Crippen molar-refractivity contribution in [2.45, 2.75) is 31.1 Å². The lowest BCUT2D eigenvalue weighted by Gasteiger charge is -2.05. The minimum atomic E-state index is -3.63. The summed E-state index contributed by atoms with van der Waals surface area (Å²) in [5.41, 5.74) is 0.838. The van der Waals surface area contributed by atoms with Crippen molar-refractivity contribution in [1.82, 2.24) is 0 Å². The quantitative estimate of drug-likeness (QED) is 0.888. The molecule has 0 heterocycles. The summed E-state index contributed by atoms with van der Waals surface area (Å²) in [6.07, 6.45) is 2.79. The van der Waals surface area contributed by atoms with Crippen molar-refractivity contribution >= 4 is 21.6 Å². The Balaban J connectivity index is 3.06. The lowest BCUT2D eigenvalue weighted by Crippen LogP contribution is -2.12. The van der Waals surface area contributed by atoms with Gasteiger partial charge < -0.3 is 0 Å². The van der Waals surface area contributed by atoms with Crippen LogP contribution in [0.25, 0.3) is 0 Å². The number of benzene rings is 1. The molecule has 2 N–H and O–H groups in total. The van der Waals surface area contributed by atoms with E-state index in [1.54, 1.807) is 12.1 Å². The average molecular weight is 248 g/mol. The van der Waals surface area contributed by atoms with Crippen LogP contribution < -0.4 is 5.14 Å². The van der Waals surface area contributed by atoms with E-state index in [0.717, 1.165) is 24.8 Å². The summed E-state index contributed by atoms with van der Waals surface area (Å²) in [7, 11) is -3.63. The Morgan fingerprint density at radius 1 is 1.40 bits per heavy atom. The first-order valence-electron chi connectivity index (χ1n) is 4.76. The standard InChI is InChI=1S/C10H14ClNO2S/c1-2-3-4-8-7-9(15(12,13)14)5-6-10(8)11/h5-7H,2-4H2,1H3,(H2,12,13,14). The molecule has 15 heavy (non-hydrogen) atoms. The van der Waals surface area contributed by atoms with Crippen molar-refractivity contribution in [3.63, 3.8) is 0 Å². The maximum Gasteiger partial charge on any atom is 0.238 e. The molecule has 0 radical (unpaired) electrons. The fourth-order valence-corrected chi connectivity index (χ4v) is 2.06. The van der Waals surface area contributed by atoms with E-state index in [4.69, 9.17) is 16.7 Å². The van der Waals surface area contributed by atoms with Gasteiger partial charge in [0, 0.05) is 5.02 Å². The van der Waals surface area contributed by atoms with Crippen LogP contribution in [0, 0.1) is 0 Å². The Labute approximate surface area is 95.3 Å². The van der Waals surface area contributed by atoms with E-state index in [-0.39, 0.29) is 4.90 Å². The highest BCUT2D eigenvalue weighted by atomic mass is 35.5. The Hall–Kier alpha value is -0.580. The van der Waals surface area contributed by atoms with E-state index in [2.05, 4.69) is 6.92 Å². The summed E-state index contributed by atoms with van der Waals surface area (Å²) in [5.74, 6) is 0. The number of sulfonamides is 1. The maximum absolute atomic E-state index is 11.1. The van der Waals surface area contributed by atoms with Crippen LogP contribution in [0.4, 0.5) is 0 Å². The number of halogens is 1. The van der Waals surface area contributed by atoms with Crippen LogP contribution in [0.5, 0.6) is 0 Å². The molecule has 0 fully saturated rings. The van der Waals surface area contributed by atoms with Crippen molar-refractivity contribution in [3.05, 3.63) is 28.8 Å². The van der Waals surface area contributed by atoms with Crippen LogP contribution in [0.1, 0.15) is 25.3 Å². The molecule has 0 saturated carbocycles. The van der Waals surface area contributed by atoms with E-state index in [9.17, 15) is 8.42 Å². The Morgan fingerprint density at radius 2 is 2.07 bits per heavy atom. The van der Waals surface area contributed by atoms with Crippen molar-refractivity contribution in [2.75, 3.05) is 0 Å². The first-order valence-corrected chi connectivity index (χ1v) is 6.69. The molecule has 0 aliphatic heterocycles. The summed E-state index contributed by atoms with van der Waals surface area (Å²) in [6.45, 7) is 2.07. The van der Waals surface area contributed by atoms with E-state index >= 15 is 0 Å². The van der Waals surface area contributed by atoms with E-state index in [0.29, 0.717) is 5.02 Å². The monoisotopic (exact) mass is 247 g/mol. The smallest absolute Gasteiger partial charge is 0.225 e. The first-order chi connectivity index (χ1) is 6.95. The molecular formula is C10H14ClNO2S. The summed E-state index contributed by atoms with van der Waals surface area (Å²) < 4.78 is 22.2. The van der Waals surface area contributed by atoms with Gasteiger partial charge in [-0.1, -0.05) is 24.9 Å². The number of primary sulfonamides is 1. The van der Waals surface area contributed by atoms with Crippen LogP contribution in [0.2, 0.25) is 5.02 Å². The van der Waals surface area contributed by atoms with Gasteiger partial charge in [0.25, 0.3) is 0 Å². The van der Waals surface area contributed by atoms with Gasteiger partial charge in [0.1, 0.15) is 0 Å². The third-order valence-corrected chi connectivity index (χ3v) is 3.43. The van der Waals surface area contributed by atoms with Crippen LogP contribution in [-0.4, -0.2) is 8.42 Å². The predicted octanol–water partition coefficient (Wildman–Crippen LogP) is 2.33. The van der Waals surface area contributed by atoms with Gasteiger partial charge in [0.15, 0.2) is 0 Å². The third kappa shape index (κ3) is 3.48. The molecule has 84 valence electrons. The van der Waals surface area contributed by atoms with Crippen molar-refractivity contribution < 1.29 is 8.42 Å². The third-order valence-electron chi connectivity index (χ3n) is 2.15. The zero-order valence-electron chi connectivity index (χ0n) is 8.53. The maximum atomic E-state index is 11.1. The Bertz CT molecular complexity index is 443. The second kappa shape index (κ2) is 4.96. The molecule has 0 amide bonds. The van der Waals surface area contributed by atoms with Crippen LogP contribution in [0.3, 0.4) is 0 Å². The minimum absolute atomic E-state index is 0.123. The molecule has 5 heteroatoms. The summed E-state index contributed by atoms with van der Waals surface area (Å²) >= 11 is 5.95. The largest absolute Gasteiger partial charge is 0.238 e. The highest BCUT2D eigenvalue weighted by Gasteiger charge is 2.10. The summed E-state index contributed by atoms with van der Waals surface area (Å²) in [6, 6.07) is 4.55. The molecule has 0 aliphatic carbocycles. The predicted molar refractivity (Wildman–Crippen MR) is 61.4 cm³/mol. The van der Waals surface area contributed by atoms with Gasteiger partial charge in [0.2, 0.25) is 10.0 Å². The van der Waals surface area contributed by atoms with Gasteiger partial charge in [-0.25, -0.2) is 13.6 Å². The zero-order chi connectivity index (χ0) is 11.5. The molecule has 1 rings (SSSR count). The van der Waals surface area contributed by atoms with Gasteiger partial charge in [-0.3, -0.25) is 0 Å². The normalized spacial score (nSPS) is 11.7. The van der Waals surface area contributed by atoms with Crippen LogP contribution in [-0.2, 0) is 16.4 Å². The van der Waals surface area contributed by atoms with Crippen molar-refractivity contribution in [2.24, 2.45) is 5.14 Å². The molecule has 1 aromatic rings. The second-order valence-electron chi connectivity index (χ2n) is 3.40. The lowest BCUT2D eigenvalue weighted by atomic mass is 10.1. The van der Waals surface area contributed by atoms with Gasteiger partial charge in [-0.2, -0.15) is 0 Å². The topological polar surface area (TPSA) is 60.2 Å². The number of hydrogen-bond donors (Lipinski definition) is 1. The fourth-order valence-electron chi connectivity index (χ4n) is 1.29. The molecule has 0 spiro atoms. The second-order valence-corrected chi connectivity index (χ2v) is 5.37. The fraction of sp³-hybridized carbons (Fsp3) is 0.400. The molecular weight excluding hydrogens is 234 g/mol. The minimum Gasteiger partial charge on any atom is -0.225 e. The van der Waals surface area contributed by atoms with E-state index < -0.39 is 10.0 Å². The van der Waals surface area contributed by atoms with Gasteiger partial charge >= 0.3 is 0 Å². The zero-order valence-corrected chi connectivity index (χ0v) is 10.1. The van der Waals surface area contributed by atoms with Crippen LogP contribution >= 0.6 is 11.6 Å². The van der Waals surface area contributed by atoms with Crippen molar-refractivity contribution in [1.29, 1.82) is 0 Å². The van der Waals surface area contributed by atoms with Crippen LogP contribution in [0.15, 0.2) is 23.1 Å². The average Bonchev–Trinajstić information content (AvgIpc) is 2.15. The highest BCUT2D eigenvalue weighted by Crippen LogP contribution is 2.21. The molecule has 0 saturated heterocycles. The molecule has 0 aromatic heterocycles. The van der Waals surface area contributed by atoms with Gasteiger partial charge in [0.05, 0.1) is 4.90 Å². The Morgan fingerprint density at radius 3 is 2.60 bits per heavy atom. The van der Waals surface area contributed by atoms with Crippen molar-refractivity contribution in [3.8, 4) is 0 Å². The number of rotatable bonds is 4. The molecule has 3 nitrogen and oxygen atoms in total. The number of nitrogens with two attached hydrogens (primary N) is 1. The van der Waals surface area contributed by atoms with E-state index in [1.165, 1.54) is 6.07 Å². The summed E-state index contributed by atoms with van der Waals surface area (Å²) in [5, 5.41) is 5.63. The van der Waals surface area contributed by atoms with Gasteiger partial charge in [-0.05, 0) is 36.6 Å². The molecule has 0 unspecified atom stereocenters. The van der Waals surface area contributed by atoms with E-state index in [1.807, 2.05) is 0 Å². The van der Waals surface area contributed by atoms with Gasteiger partial charge in [-0.15, -0.1) is 0 Å². The molecule has 0 aliphatic rings. The highest BCUT2D eigenvalue weighted by molar-refractivity contribution is 7.89. The Kier molecular flexibility index (Phi) is 4.13. The number of hydrogen-bond acceptors (Lipinski definition) is 2.